The van der Waals surface area contributed by atoms with E-state index >= 15 is 0 Å². The number of aliphatic hydroxyl groups is 1. The summed E-state index contributed by atoms with van der Waals surface area (Å²) in [4.78, 5) is 25.2. The molecule has 2 unspecified atom stereocenters. The van der Waals surface area contributed by atoms with E-state index in [4.69, 9.17) is 0 Å². The largest absolute Gasteiger partial charge is 0.432 e. The Balaban J connectivity index is 1.67. The van der Waals surface area contributed by atoms with E-state index in [9.17, 15) is 40.3 Å². The number of ether oxygens (including phenoxy) is 1. The molecule has 2 fully saturated rings. The van der Waals surface area contributed by atoms with Gasteiger partial charge in [-0.15, -0.1) is 0 Å². The first-order valence-corrected chi connectivity index (χ1v) is 16.4. The number of rotatable bonds is 16. The quantitative estimate of drug-likeness (QED) is 0.211. The molecule has 2 saturated carbocycles. The molecule has 0 bridgehead atoms. The number of sulfone groups is 2. The van der Waals surface area contributed by atoms with Gasteiger partial charge in [0.15, 0.2) is 25.8 Å². The highest BCUT2D eigenvalue weighted by atomic mass is 32.2. The second kappa shape index (κ2) is 12.4. The summed E-state index contributed by atoms with van der Waals surface area (Å²) in [7, 11) is -7.34. The molecule has 3 rings (SSSR count). The minimum absolute atomic E-state index is 0.0327. The van der Waals surface area contributed by atoms with Crippen molar-refractivity contribution in [1.82, 2.24) is 16.0 Å². The number of aliphatic hydroxyl groups excluding tert-OH is 1. The lowest BCUT2D eigenvalue weighted by atomic mass is 10.1. The van der Waals surface area contributed by atoms with Gasteiger partial charge in [-0.25, -0.2) is 16.8 Å². The van der Waals surface area contributed by atoms with Crippen LogP contribution in [0.15, 0.2) is 29.2 Å². The van der Waals surface area contributed by atoms with Crippen LogP contribution in [0.5, 0.6) is 5.75 Å². The molecule has 3 atom stereocenters. The van der Waals surface area contributed by atoms with Crippen LogP contribution in [0.2, 0.25) is 0 Å². The van der Waals surface area contributed by atoms with Crippen LogP contribution in [0.25, 0.3) is 0 Å². The summed E-state index contributed by atoms with van der Waals surface area (Å²) in [5, 5.41) is 17.7. The molecule has 0 spiro atoms. The van der Waals surface area contributed by atoms with Crippen molar-refractivity contribution in [3.63, 3.8) is 0 Å². The van der Waals surface area contributed by atoms with Crippen molar-refractivity contribution in [2.24, 2.45) is 5.92 Å². The number of nitrogens with one attached hydrogen (secondary N) is 3. The summed E-state index contributed by atoms with van der Waals surface area (Å²) < 4.78 is 82.3. The van der Waals surface area contributed by atoms with Crippen molar-refractivity contribution in [2.45, 2.75) is 74.3 Å². The van der Waals surface area contributed by atoms with Crippen molar-refractivity contribution < 1.29 is 45.0 Å². The van der Waals surface area contributed by atoms with E-state index in [-0.39, 0.29) is 34.8 Å². The van der Waals surface area contributed by atoms with Crippen molar-refractivity contribution in [1.29, 1.82) is 0 Å². The molecule has 0 aliphatic heterocycles. The Morgan fingerprint density at radius 2 is 1.69 bits per heavy atom. The van der Waals surface area contributed by atoms with Crippen molar-refractivity contribution in [3.05, 3.63) is 24.3 Å². The minimum atomic E-state index is -3.90. The Morgan fingerprint density at radius 3 is 2.21 bits per heavy atom. The van der Waals surface area contributed by atoms with Gasteiger partial charge >= 0.3 is 6.11 Å². The molecule has 1 aromatic carbocycles. The van der Waals surface area contributed by atoms with E-state index < -0.39 is 68.1 Å². The Hall–Kier alpha value is -2.36. The molecular weight excluding hydrogens is 560 g/mol. The number of amides is 2. The summed E-state index contributed by atoms with van der Waals surface area (Å²) in [6, 6.07) is 1.57. The molecule has 0 saturated heterocycles. The molecule has 1 aromatic rings. The molecular formula is C24H35F2N3O8S2. The van der Waals surface area contributed by atoms with Gasteiger partial charge in [0.25, 0.3) is 5.91 Å². The van der Waals surface area contributed by atoms with Crippen LogP contribution in [0, 0.1) is 5.92 Å². The zero-order valence-corrected chi connectivity index (χ0v) is 23.4. The average Bonchev–Trinajstić information content (AvgIpc) is 3.77. The number of benzene rings is 1. The highest BCUT2D eigenvalue weighted by Crippen LogP contribution is 2.30. The molecule has 2 aliphatic rings. The normalized spacial score (nSPS) is 18.6. The average molecular weight is 596 g/mol. The van der Waals surface area contributed by atoms with Crippen LogP contribution in [0.3, 0.4) is 0 Å². The third kappa shape index (κ3) is 10.3. The summed E-state index contributed by atoms with van der Waals surface area (Å²) in [5.74, 6) is -2.97. The van der Waals surface area contributed by atoms with Gasteiger partial charge in [-0.1, -0.05) is 6.92 Å². The van der Waals surface area contributed by atoms with Gasteiger partial charge in [0.05, 0.1) is 22.4 Å². The second-order valence-corrected chi connectivity index (χ2v) is 14.4. The lowest BCUT2D eigenvalue weighted by Gasteiger charge is -2.27. The Labute approximate surface area is 226 Å². The summed E-state index contributed by atoms with van der Waals surface area (Å²) >= 11 is 0. The molecule has 15 heteroatoms. The molecule has 2 amide bonds. The highest BCUT2D eigenvalue weighted by molar-refractivity contribution is 7.91. The second-order valence-electron chi connectivity index (χ2n) is 10.2. The first-order chi connectivity index (χ1) is 18.1. The maximum atomic E-state index is 14.6. The van der Waals surface area contributed by atoms with Crippen LogP contribution < -0.4 is 20.7 Å². The topological polar surface area (TPSA) is 168 Å². The summed E-state index contributed by atoms with van der Waals surface area (Å²) in [6.45, 7) is 0.348. The minimum Gasteiger partial charge on any atom is -0.432 e. The van der Waals surface area contributed by atoms with Crippen LogP contribution >= 0.6 is 0 Å². The Morgan fingerprint density at radius 1 is 1.08 bits per heavy atom. The van der Waals surface area contributed by atoms with Gasteiger partial charge < -0.3 is 20.5 Å². The number of carbonyl (C=O) groups is 2. The van der Waals surface area contributed by atoms with E-state index in [1.165, 1.54) is 0 Å². The predicted molar refractivity (Wildman–Crippen MR) is 138 cm³/mol. The first-order valence-electron chi connectivity index (χ1n) is 12.7. The molecule has 2 aliphatic carbocycles. The van der Waals surface area contributed by atoms with Crippen LogP contribution in [-0.4, -0.2) is 88.4 Å². The van der Waals surface area contributed by atoms with E-state index in [1.54, 1.807) is 6.92 Å². The number of carbonyl (C=O) groups excluding carboxylic acids is 2. The fourth-order valence-corrected chi connectivity index (χ4v) is 6.38. The van der Waals surface area contributed by atoms with Gasteiger partial charge in [0.2, 0.25) is 5.91 Å². The Kier molecular flexibility index (Phi) is 9.94. The van der Waals surface area contributed by atoms with E-state index in [1.807, 2.05) is 0 Å². The standard InChI is InChI=1S/C24H35F2N3O8S2/c1-3-19(21(30)23(32)28-16-6-7-16)29-22(31)20(13-39(35,36)12-15-4-5-15)27-14-24(25,26)37-17-8-10-18(11-9-17)38(2,33)34/h8-11,15-16,19-21,27,30H,3-7,12-14H2,1-2H3,(H,28,32)(H,29,31)/t19-,20?,21?/m0/s1. The fourth-order valence-electron chi connectivity index (χ4n) is 3.78. The zero-order chi connectivity index (χ0) is 29.0. The lowest BCUT2D eigenvalue weighted by Crippen LogP contribution is -2.57. The van der Waals surface area contributed by atoms with Gasteiger partial charge in [0.1, 0.15) is 18.3 Å². The maximum Gasteiger partial charge on any atom is 0.410 e. The summed E-state index contributed by atoms with van der Waals surface area (Å²) in [5.41, 5.74) is 0. The van der Waals surface area contributed by atoms with Crippen LogP contribution in [0.1, 0.15) is 39.0 Å². The third-order valence-corrected chi connectivity index (χ3v) is 9.29. The maximum absolute atomic E-state index is 14.6. The number of hydrogen-bond acceptors (Lipinski definition) is 9. The number of halogens is 2. The molecule has 220 valence electrons. The monoisotopic (exact) mass is 595 g/mol. The van der Waals surface area contributed by atoms with Crippen LogP contribution in [0.4, 0.5) is 8.78 Å². The summed E-state index contributed by atoms with van der Waals surface area (Å²) in [6.07, 6.45) is -1.40. The van der Waals surface area contributed by atoms with Gasteiger partial charge in [-0.3, -0.25) is 14.9 Å². The molecule has 4 N–H and O–H groups in total. The smallest absolute Gasteiger partial charge is 0.410 e. The Bertz CT molecular complexity index is 1230. The zero-order valence-electron chi connectivity index (χ0n) is 21.7. The lowest BCUT2D eigenvalue weighted by molar-refractivity contribution is -0.172. The first kappa shape index (κ1) is 31.2. The van der Waals surface area contributed by atoms with Crippen LogP contribution in [-0.2, 0) is 29.3 Å². The fraction of sp³-hybridized carbons (Fsp3) is 0.667. The third-order valence-electron chi connectivity index (χ3n) is 6.34. The van der Waals surface area contributed by atoms with Crippen molar-refractivity contribution in [2.75, 3.05) is 24.3 Å². The van der Waals surface area contributed by atoms with E-state index in [0.717, 1.165) is 56.2 Å². The molecule has 0 aromatic heterocycles. The number of hydrogen-bond donors (Lipinski definition) is 4. The van der Waals surface area contributed by atoms with Gasteiger partial charge in [0, 0.05) is 12.3 Å². The SMILES string of the molecule is CC[C@H](NC(=O)C(CS(=O)(=O)CC1CC1)NCC(F)(F)Oc1ccc(S(C)(=O)=O)cc1)C(O)C(=O)NC1CC1. The van der Waals surface area contributed by atoms with Gasteiger partial charge in [-0.2, -0.15) is 8.78 Å². The van der Waals surface area contributed by atoms with Crippen molar-refractivity contribution >= 4 is 31.5 Å². The molecule has 39 heavy (non-hydrogen) atoms. The predicted octanol–water partition coefficient (Wildman–Crippen LogP) is 0.379. The van der Waals surface area contributed by atoms with Gasteiger partial charge in [-0.05, 0) is 62.3 Å². The molecule has 0 heterocycles. The van der Waals surface area contributed by atoms with E-state index in [2.05, 4.69) is 20.7 Å². The molecule has 0 radical (unpaired) electrons. The number of alkyl halides is 2. The highest BCUT2D eigenvalue weighted by Gasteiger charge is 2.38. The molecule has 11 nitrogen and oxygen atoms in total. The van der Waals surface area contributed by atoms with Crippen molar-refractivity contribution in [3.8, 4) is 5.75 Å². The van der Waals surface area contributed by atoms with E-state index in [0.29, 0.717) is 0 Å².